The van der Waals surface area contributed by atoms with E-state index in [0.717, 1.165) is 31.2 Å². The number of carbonyl (C=O) groups is 1. The minimum atomic E-state index is 0.173. The zero-order valence-corrected chi connectivity index (χ0v) is 12.1. The lowest BCUT2D eigenvalue weighted by molar-refractivity contribution is -0.131. The topological polar surface area (TPSA) is 63.9 Å². The molecule has 0 spiro atoms. The Morgan fingerprint density at radius 1 is 1.30 bits per heavy atom. The molecule has 0 radical (unpaired) electrons. The van der Waals surface area contributed by atoms with E-state index in [0.29, 0.717) is 29.6 Å². The number of aryl methyl sites for hydroxylation is 1. The molecule has 0 atom stereocenters. The van der Waals surface area contributed by atoms with Crippen LogP contribution in [-0.2, 0) is 18.4 Å². The third-order valence-corrected chi connectivity index (χ3v) is 3.88. The average molecular weight is 294 g/mol. The molecular formula is C13H16ClN5O. The molecule has 20 heavy (non-hydrogen) atoms. The van der Waals surface area contributed by atoms with E-state index in [9.17, 15) is 4.79 Å². The third-order valence-electron chi connectivity index (χ3n) is 3.60. The van der Waals surface area contributed by atoms with E-state index in [2.05, 4.69) is 15.1 Å². The van der Waals surface area contributed by atoms with Crippen molar-refractivity contribution in [2.45, 2.75) is 32.2 Å². The lowest BCUT2D eigenvalue weighted by Crippen LogP contribution is -2.30. The first-order valence-corrected chi connectivity index (χ1v) is 7.15. The fourth-order valence-electron chi connectivity index (χ4n) is 2.48. The zero-order valence-electron chi connectivity index (χ0n) is 11.3. The Kier molecular flexibility index (Phi) is 3.56. The standard InChI is InChI=1S/C13H16ClN5O/c1-18-13-9(7-15-18)12(14)16-10(17-13)8-19-6-4-2-3-5-11(19)20/h7H,2-6,8H2,1H3. The van der Waals surface area contributed by atoms with Gasteiger partial charge >= 0.3 is 0 Å². The van der Waals surface area contributed by atoms with Crippen molar-refractivity contribution in [1.29, 1.82) is 0 Å². The van der Waals surface area contributed by atoms with Crippen LogP contribution in [0.1, 0.15) is 31.5 Å². The highest BCUT2D eigenvalue weighted by Gasteiger charge is 2.19. The van der Waals surface area contributed by atoms with Crippen LogP contribution in [0, 0.1) is 0 Å². The van der Waals surface area contributed by atoms with Gasteiger partial charge in [-0.05, 0) is 12.8 Å². The van der Waals surface area contributed by atoms with E-state index < -0.39 is 0 Å². The lowest BCUT2D eigenvalue weighted by atomic mass is 10.2. The molecule has 0 aliphatic carbocycles. The number of nitrogens with zero attached hydrogens (tertiary/aromatic N) is 5. The first-order chi connectivity index (χ1) is 9.65. The van der Waals surface area contributed by atoms with E-state index in [1.807, 2.05) is 11.9 Å². The summed E-state index contributed by atoms with van der Waals surface area (Å²) in [6.07, 6.45) is 5.37. The molecule has 1 fully saturated rings. The molecular weight excluding hydrogens is 278 g/mol. The van der Waals surface area contributed by atoms with Gasteiger partial charge in [0.15, 0.2) is 11.5 Å². The second kappa shape index (κ2) is 5.36. The molecule has 0 N–H and O–H groups in total. The Balaban J connectivity index is 1.90. The van der Waals surface area contributed by atoms with E-state index in [4.69, 9.17) is 11.6 Å². The van der Waals surface area contributed by atoms with Crippen molar-refractivity contribution in [2.24, 2.45) is 7.05 Å². The van der Waals surface area contributed by atoms with Crippen molar-refractivity contribution in [3.8, 4) is 0 Å². The van der Waals surface area contributed by atoms with Crippen molar-refractivity contribution in [2.75, 3.05) is 6.54 Å². The van der Waals surface area contributed by atoms with Crippen LogP contribution in [0.3, 0.4) is 0 Å². The highest BCUT2D eigenvalue weighted by atomic mass is 35.5. The number of rotatable bonds is 2. The SMILES string of the molecule is Cn1ncc2c(Cl)nc(CN3CCCCCC3=O)nc21. The normalized spacial score (nSPS) is 16.7. The van der Waals surface area contributed by atoms with Crippen molar-refractivity contribution in [1.82, 2.24) is 24.6 Å². The fraction of sp³-hybridized carbons (Fsp3) is 0.538. The number of hydrogen-bond acceptors (Lipinski definition) is 4. The maximum atomic E-state index is 12.0. The minimum absolute atomic E-state index is 0.173. The molecule has 0 aromatic carbocycles. The number of likely N-dealkylation sites (tertiary alicyclic amines) is 1. The summed E-state index contributed by atoms with van der Waals surface area (Å²) in [5.74, 6) is 0.744. The molecule has 2 aromatic heterocycles. The summed E-state index contributed by atoms with van der Waals surface area (Å²) in [6, 6.07) is 0. The summed E-state index contributed by atoms with van der Waals surface area (Å²) in [5, 5.41) is 5.25. The molecule has 1 saturated heterocycles. The molecule has 1 amide bonds. The smallest absolute Gasteiger partial charge is 0.222 e. The summed E-state index contributed by atoms with van der Waals surface area (Å²) in [4.78, 5) is 22.6. The second-order valence-corrected chi connectivity index (χ2v) is 5.42. The zero-order chi connectivity index (χ0) is 14.1. The predicted octanol–water partition coefficient (Wildman–Crippen LogP) is 1.92. The Labute approximate surface area is 121 Å². The van der Waals surface area contributed by atoms with Crippen molar-refractivity contribution in [3.05, 3.63) is 17.2 Å². The fourth-order valence-corrected chi connectivity index (χ4v) is 2.71. The van der Waals surface area contributed by atoms with Gasteiger partial charge in [-0.2, -0.15) is 5.10 Å². The van der Waals surface area contributed by atoms with Gasteiger partial charge in [0.1, 0.15) is 5.15 Å². The van der Waals surface area contributed by atoms with Gasteiger partial charge in [-0.3, -0.25) is 9.48 Å². The van der Waals surface area contributed by atoms with Crippen LogP contribution < -0.4 is 0 Å². The van der Waals surface area contributed by atoms with Gasteiger partial charge in [-0.15, -0.1) is 0 Å². The summed E-state index contributed by atoms with van der Waals surface area (Å²) < 4.78 is 1.66. The number of fused-ring (bicyclic) bond motifs is 1. The van der Waals surface area contributed by atoms with Gasteiger partial charge in [0.2, 0.25) is 5.91 Å². The van der Waals surface area contributed by atoms with E-state index in [-0.39, 0.29) is 5.91 Å². The first-order valence-electron chi connectivity index (χ1n) is 6.77. The lowest BCUT2D eigenvalue weighted by Gasteiger charge is -2.19. The van der Waals surface area contributed by atoms with Crippen LogP contribution in [0.5, 0.6) is 0 Å². The Hall–Kier alpha value is -1.69. The molecule has 1 aliphatic heterocycles. The van der Waals surface area contributed by atoms with E-state index in [1.165, 1.54) is 0 Å². The quantitative estimate of drug-likeness (QED) is 0.794. The van der Waals surface area contributed by atoms with Crippen molar-refractivity contribution < 1.29 is 4.79 Å². The molecule has 3 rings (SSSR count). The third kappa shape index (κ3) is 2.47. The maximum absolute atomic E-state index is 12.0. The number of aromatic nitrogens is 4. The summed E-state index contributed by atoms with van der Waals surface area (Å²) in [6.45, 7) is 1.18. The van der Waals surface area contributed by atoms with E-state index >= 15 is 0 Å². The van der Waals surface area contributed by atoms with Gasteiger partial charge in [0.25, 0.3) is 0 Å². The second-order valence-electron chi connectivity index (χ2n) is 5.06. The Bertz CT molecular complexity index is 653. The van der Waals surface area contributed by atoms with Crippen molar-refractivity contribution in [3.63, 3.8) is 0 Å². The molecule has 2 aromatic rings. The van der Waals surface area contributed by atoms with Crippen LogP contribution in [0.25, 0.3) is 11.0 Å². The number of amides is 1. The first kappa shape index (κ1) is 13.3. The molecule has 0 unspecified atom stereocenters. The van der Waals surface area contributed by atoms with Crippen molar-refractivity contribution >= 4 is 28.5 Å². The molecule has 0 bridgehead atoms. The van der Waals surface area contributed by atoms with Gasteiger partial charge < -0.3 is 4.90 Å². The number of carbonyl (C=O) groups excluding carboxylic acids is 1. The summed E-state index contributed by atoms with van der Waals surface area (Å²) in [7, 11) is 1.81. The van der Waals surface area contributed by atoms with Crippen LogP contribution >= 0.6 is 11.6 Å². The molecule has 0 saturated carbocycles. The van der Waals surface area contributed by atoms with Crippen LogP contribution in [-0.4, -0.2) is 37.1 Å². The Morgan fingerprint density at radius 2 is 2.15 bits per heavy atom. The van der Waals surface area contributed by atoms with Gasteiger partial charge in [0.05, 0.1) is 18.1 Å². The monoisotopic (exact) mass is 293 g/mol. The highest BCUT2D eigenvalue weighted by Crippen LogP contribution is 2.20. The average Bonchev–Trinajstić information content (AvgIpc) is 2.67. The van der Waals surface area contributed by atoms with Gasteiger partial charge in [-0.25, -0.2) is 9.97 Å². The maximum Gasteiger partial charge on any atom is 0.222 e. The van der Waals surface area contributed by atoms with Gasteiger partial charge in [0, 0.05) is 20.0 Å². The number of hydrogen-bond donors (Lipinski definition) is 0. The Morgan fingerprint density at radius 3 is 3.00 bits per heavy atom. The van der Waals surface area contributed by atoms with E-state index in [1.54, 1.807) is 10.9 Å². The summed E-state index contributed by atoms with van der Waals surface area (Å²) >= 11 is 6.15. The molecule has 1 aliphatic rings. The highest BCUT2D eigenvalue weighted by molar-refractivity contribution is 6.33. The van der Waals surface area contributed by atoms with Crippen LogP contribution in [0.2, 0.25) is 5.15 Å². The summed E-state index contributed by atoms with van der Waals surface area (Å²) in [5.41, 5.74) is 0.697. The molecule has 106 valence electrons. The molecule has 6 nitrogen and oxygen atoms in total. The van der Waals surface area contributed by atoms with Crippen LogP contribution in [0.15, 0.2) is 6.20 Å². The van der Waals surface area contributed by atoms with Crippen LogP contribution in [0.4, 0.5) is 0 Å². The van der Waals surface area contributed by atoms with Gasteiger partial charge in [-0.1, -0.05) is 18.0 Å². The minimum Gasteiger partial charge on any atom is -0.335 e. The molecule has 7 heteroatoms. The predicted molar refractivity (Wildman–Crippen MR) is 75.2 cm³/mol. The largest absolute Gasteiger partial charge is 0.335 e. The number of halogens is 1. The molecule has 3 heterocycles.